The maximum absolute atomic E-state index is 9.59. The Morgan fingerprint density at radius 1 is 1.22 bits per heavy atom. The van der Waals surface area contributed by atoms with Gasteiger partial charge < -0.3 is 10.1 Å². The fourth-order valence-electron chi connectivity index (χ4n) is 4.37. The summed E-state index contributed by atoms with van der Waals surface area (Å²) in [6.07, 6.45) is 5.34. The van der Waals surface area contributed by atoms with Gasteiger partial charge in [-0.25, -0.2) is 9.20 Å². The molecule has 4 heterocycles. The zero-order valence-electron chi connectivity index (χ0n) is 18.2. The van der Waals surface area contributed by atoms with Crippen LogP contribution in [0, 0.1) is 18.3 Å². The first-order valence-corrected chi connectivity index (χ1v) is 10.9. The normalized spacial score (nSPS) is 15.5. The third kappa shape index (κ3) is 3.61. The summed E-state index contributed by atoms with van der Waals surface area (Å²) in [4.78, 5) is 0. The Kier molecular flexibility index (Phi) is 5.33. The highest BCUT2D eigenvalue weighted by molar-refractivity contribution is 5.74. The van der Waals surface area contributed by atoms with E-state index in [0.29, 0.717) is 22.9 Å². The van der Waals surface area contributed by atoms with Crippen LogP contribution in [0.5, 0.6) is 5.75 Å². The molecule has 162 valence electrons. The maximum Gasteiger partial charge on any atom is 0.148 e. The minimum absolute atomic E-state index is 0.191. The van der Waals surface area contributed by atoms with Gasteiger partial charge in [0.2, 0.25) is 0 Å². The first-order valence-electron chi connectivity index (χ1n) is 10.9. The molecule has 0 spiro atoms. The van der Waals surface area contributed by atoms with Crippen LogP contribution in [-0.4, -0.2) is 37.7 Å². The molecule has 8 nitrogen and oxygen atoms in total. The quantitative estimate of drug-likeness (QED) is 0.520. The van der Waals surface area contributed by atoms with Crippen LogP contribution >= 0.6 is 0 Å². The first kappa shape index (κ1) is 20.2. The van der Waals surface area contributed by atoms with Crippen molar-refractivity contribution in [3.63, 3.8) is 0 Å². The summed E-state index contributed by atoms with van der Waals surface area (Å²) in [5, 5.41) is 26.4. The number of ether oxygens (including phenoxy) is 1. The molecule has 0 aliphatic carbocycles. The second-order valence-corrected chi connectivity index (χ2v) is 8.18. The lowest BCUT2D eigenvalue weighted by Crippen LogP contribution is -2.30. The lowest BCUT2D eigenvalue weighted by atomic mass is 10.1. The monoisotopic (exact) mass is 427 g/mol. The van der Waals surface area contributed by atoms with Crippen LogP contribution < -0.4 is 10.1 Å². The fraction of sp³-hybridized carbons (Fsp3) is 0.333. The van der Waals surface area contributed by atoms with Gasteiger partial charge in [-0.15, -0.1) is 5.10 Å². The van der Waals surface area contributed by atoms with E-state index in [-0.39, 0.29) is 6.10 Å². The van der Waals surface area contributed by atoms with Crippen molar-refractivity contribution < 1.29 is 4.74 Å². The Morgan fingerprint density at radius 3 is 2.75 bits per heavy atom. The number of nitriles is 1. The van der Waals surface area contributed by atoms with E-state index in [2.05, 4.69) is 33.7 Å². The molecule has 5 rings (SSSR count). The van der Waals surface area contributed by atoms with Crippen LogP contribution in [0.25, 0.3) is 16.8 Å². The molecule has 0 amide bonds. The zero-order valence-corrected chi connectivity index (χ0v) is 18.2. The predicted molar refractivity (Wildman–Crippen MR) is 120 cm³/mol. The number of hydrogen-bond donors (Lipinski definition) is 1. The van der Waals surface area contributed by atoms with Crippen LogP contribution in [0.4, 0.5) is 0 Å². The van der Waals surface area contributed by atoms with Crippen molar-refractivity contribution in [3.05, 3.63) is 65.6 Å². The minimum Gasteiger partial charge on any atom is -0.484 e. The molecule has 0 saturated carbocycles. The Hall–Kier alpha value is -3.70. The average molecular weight is 428 g/mol. The highest BCUT2D eigenvalue weighted by Crippen LogP contribution is 2.34. The predicted octanol–water partition coefficient (Wildman–Crippen LogP) is 3.84. The van der Waals surface area contributed by atoms with Crippen molar-refractivity contribution in [2.45, 2.75) is 38.8 Å². The Bertz CT molecular complexity index is 1280. The number of benzene rings is 1. The molecule has 1 aromatic carbocycles. The van der Waals surface area contributed by atoms with E-state index in [1.807, 2.05) is 54.2 Å². The molecule has 1 aliphatic heterocycles. The highest BCUT2D eigenvalue weighted by Gasteiger charge is 2.22. The lowest BCUT2D eigenvalue weighted by Gasteiger charge is -2.23. The van der Waals surface area contributed by atoms with Gasteiger partial charge in [0, 0.05) is 11.8 Å². The van der Waals surface area contributed by atoms with Gasteiger partial charge in [0.05, 0.1) is 17.9 Å². The number of aromatic nitrogens is 5. The van der Waals surface area contributed by atoms with Gasteiger partial charge in [-0.2, -0.15) is 10.4 Å². The number of pyridine rings is 1. The standard InChI is InChI=1S/C24H25N7O/c1-16-23(28-29-31(16)21-8-10-26-11-9-21)19-12-22(24-20(13-25)14-27-30(24)15-19)32-17(2)18-6-4-3-5-7-18/h3-7,12,14-15,17,21,26H,8-11H2,1-2H3/t17-/m1/s1. The number of piperidine rings is 1. The molecule has 1 fully saturated rings. The number of rotatable bonds is 5. The first-order chi connectivity index (χ1) is 15.7. The molecule has 0 bridgehead atoms. The van der Waals surface area contributed by atoms with Gasteiger partial charge in [0.1, 0.15) is 34.7 Å². The van der Waals surface area contributed by atoms with Crippen LogP contribution in [0.1, 0.15) is 48.7 Å². The number of hydrogen-bond acceptors (Lipinski definition) is 6. The van der Waals surface area contributed by atoms with E-state index in [1.165, 1.54) is 0 Å². The van der Waals surface area contributed by atoms with Crippen LogP contribution in [0.3, 0.4) is 0 Å². The van der Waals surface area contributed by atoms with E-state index >= 15 is 0 Å². The summed E-state index contributed by atoms with van der Waals surface area (Å²) in [5.41, 5.74) is 4.87. The topological polar surface area (TPSA) is 93.1 Å². The van der Waals surface area contributed by atoms with Crippen molar-refractivity contribution in [1.29, 1.82) is 5.26 Å². The number of nitrogens with one attached hydrogen (secondary N) is 1. The zero-order chi connectivity index (χ0) is 22.1. The summed E-state index contributed by atoms with van der Waals surface area (Å²) in [6, 6.07) is 14.5. The molecule has 3 aromatic heterocycles. The molecule has 32 heavy (non-hydrogen) atoms. The molecule has 1 saturated heterocycles. The second kappa shape index (κ2) is 8.44. The molecule has 1 aliphatic rings. The van der Waals surface area contributed by atoms with E-state index in [4.69, 9.17) is 4.74 Å². The molecule has 0 radical (unpaired) electrons. The summed E-state index contributed by atoms with van der Waals surface area (Å²) in [5.74, 6) is 0.601. The lowest BCUT2D eigenvalue weighted by molar-refractivity contribution is 0.229. The molecule has 4 aromatic rings. The second-order valence-electron chi connectivity index (χ2n) is 8.18. The van der Waals surface area contributed by atoms with Crippen molar-refractivity contribution >= 4 is 5.52 Å². The summed E-state index contributed by atoms with van der Waals surface area (Å²) >= 11 is 0. The Morgan fingerprint density at radius 2 is 2.00 bits per heavy atom. The molecule has 0 unspecified atom stereocenters. The third-order valence-electron chi connectivity index (χ3n) is 6.13. The van der Waals surface area contributed by atoms with Gasteiger partial charge >= 0.3 is 0 Å². The van der Waals surface area contributed by atoms with E-state index < -0.39 is 0 Å². The van der Waals surface area contributed by atoms with Crippen molar-refractivity contribution in [2.75, 3.05) is 13.1 Å². The van der Waals surface area contributed by atoms with E-state index in [0.717, 1.165) is 48.4 Å². The van der Waals surface area contributed by atoms with Crippen molar-refractivity contribution in [2.24, 2.45) is 0 Å². The van der Waals surface area contributed by atoms with Gasteiger partial charge in [-0.1, -0.05) is 35.5 Å². The number of nitrogens with zero attached hydrogens (tertiary/aromatic N) is 6. The smallest absolute Gasteiger partial charge is 0.148 e. The molecule has 1 atom stereocenters. The van der Waals surface area contributed by atoms with Crippen LogP contribution in [0.15, 0.2) is 48.8 Å². The fourth-order valence-corrected chi connectivity index (χ4v) is 4.37. The van der Waals surface area contributed by atoms with Gasteiger partial charge in [0.25, 0.3) is 0 Å². The average Bonchev–Trinajstić information content (AvgIpc) is 3.43. The van der Waals surface area contributed by atoms with Crippen molar-refractivity contribution in [1.82, 2.24) is 29.9 Å². The van der Waals surface area contributed by atoms with Gasteiger partial charge in [0.15, 0.2) is 0 Å². The Balaban J connectivity index is 1.57. The van der Waals surface area contributed by atoms with E-state index in [9.17, 15) is 5.26 Å². The molecular formula is C24H25N7O. The summed E-state index contributed by atoms with van der Waals surface area (Å²) in [7, 11) is 0. The van der Waals surface area contributed by atoms with Crippen LogP contribution in [-0.2, 0) is 0 Å². The molecule has 1 N–H and O–H groups in total. The summed E-state index contributed by atoms with van der Waals surface area (Å²) in [6.45, 7) is 6.04. The van der Waals surface area contributed by atoms with Crippen molar-refractivity contribution in [3.8, 4) is 23.1 Å². The minimum atomic E-state index is -0.191. The Labute approximate surface area is 186 Å². The van der Waals surface area contributed by atoms with Crippen LogP contribution in [0.2, 0.25) is 0 Å². The van der Waals surface area contributed by atoms with E-state index in [1.54, 1.807) is 10.7 Å². The summed E-state index contributed by atoms with van der Waals surface area (Å²) < 4.78 is 10.1. The van der Waals surface area contributed by atoms with Gasteiger partial charge in [-0.3, -0.25) is 0 Å². The van der Waals surface area contributed by atoms with Gasteiger partial charge in [-0.05, 0) is 51.4 Å². The molecule has 8 heteroatoms. The SMILES string of the molecule is Cc1c(-c2cc(O[C@H](C)c3ccccc3)c3c(C#N)cnn3c2)nnn1C1CCNCC1. The number of fused-ring (bicyclic) bond motifs is 1. The third-order valence-corrected chi connectivity index (χ3v) is 6.13. The largest absolute Gasteiger partial charge is 0.484 e. The highest BCUT2D eigenvalue weighted by atomic mass is 16.5. The maximum atomic E-state index is 9.59. The molecular weight excluding hydrogens is 402 g/mol.